The standard InChI is InChI=1S/C24H26N4O/c1-2-3-4-8-18-9-7-10-19(13-18)16-28-17-20(15-25-28)14-23(29)24-21-11-5-6-12-22(21)26-27-24/h5-7,9-13,15,17H,2-4,8,14,16H2,1H3,(H,26,27). The first-order chi connectivity index (χ1) is 14.2. The molecule has 0 radical (unpaired) electrons. The smallest absolute Gasteiger partial charge is 0.188 e. The number of aromatic nitrogens is 4. The summed E-state index contributed by atoms with van der Waals surface area (Å²) in [5.41, 5.74) is 4.89. The largest absolute Gasteiger partial charge is 0.292 e. The van der Waals surface area contributed by atoms with E-state index < -0.39 is 0 Å². The molecule has 0 unspecified atom stereocenters. The van der Waals surface area contributed by atoms with Crippen LogP contribution in [0.5, 0.6) is 0 Å². The van der Waals surface area contributed by atoms with Gasteiger partial charge in [0, 0.05) is 18.0 Å². The minimum absolute atomic E-state index is 0.0000727. The molecule has 4 rings (SSSR count). The Morgan fingerprint density at radius 1 is 1.03 bits per heavy atom. The summed E-state index contributed by atoms with van der Waals surface area (Å²) in [5.74, 6) is -0.0000727. The number of H-pyrrole nitrogens is 1. The molecule has 148 valence electrons. The van der Waals surface area contributed by atoms with Crippen LogP contribution in [0, 0.1) is 0 Å². The van der Waals surface area contributed by atoms with Crippen molar-refractivity contribution in [2.24, 2.45) is 0 Å². The fourth-order valence-corrected chi connectivity index (χ4v) is 3.68. The molecule has 0 aliphatic heterocycles. The van der Waals surface area contributed by atoms with E-state index in [1.54, 1.807) is 6.20 Å². The average molecular weight is 386 g/mol. The van der Waals surface area contributed by atoms with Crippen molar-refractivity contribution in [1.82, 2.24) is 20.0 Å². The lowest BCUT2D eigenvalue weighted by molar-refractivity contribution is 0.0989. The normalized spacial score (nSPS) is 11.2. The first kappa shape index (κ1) is 19.1. The molecule has 0 spiro atoms. The van der Waals surface area contributed by atoms with Gasteiger partial charge in [0.05, 0.1) is 18.3 Å². The molecular formula is C24H26N4O. The van der Waals surface area contributed by atoms with E-state index in [4.69, 9.17) is 0 Å². The Morgan fingerprint density at radius 2 is 1.90 bits per heavy atom. The number of Topliss-reactive ketones (excluding diaryl/α,β-unsaturated/α-hetero) is 1. The summed E-state index contributed by atoms with van der Waals surface area (Å²) >= 11 is 0. The summed E-state index contributed by atoms with van der Waals surface area (Å²) in [6.07, 6.45) is 8.89. The molecule has 5 nitrogen and oxygen atoms in total. The lowest BCUT2D eigenvalue weighted by Crippen LogP contribution is -2.04. The lowest BCUT2D eigenvalue weighted by Gasteiger charge is -2.06. The van der Waals surface area contributed by atoms with Gasteiger partial charge in [-0.15, -0.1) is 0 Å². The molecule has 0 fully saturated rings. The van der Waals surface area contributed by atoms with Gasteiger partial charge in [-0.3, -0.25) is 14.6 Å². The number of aryl methyl sites for hydroxylation is 1. The van der Waals surface area contributed by atoms with E-state index in [9.17, 15) is 4.79 Å². The van der Waals surface area contributed by atoms with E-state index in [-0.39, 0.29) is 5.78 Å². The number of fused-ring (bicyclic) bond motifs is 1. The number of benzene rings is 2. The summed E-state index contributed by atoms with van der Waals surface area (Å²) in [6.45, 7) is 2.94. The quantitative estimate of drug-likeness (QED) is 0.326. The van der Waals surface area contributed by atoms with Gasteiger partial charge in [0.1, 0.15) is 5.69 Å². The summed E-state index contributed by atoms with van der Waals surface area (Å²) in [5, 5.41) is 12.4. The minimum atomic E-state index is -0.0000727. The van der Waals surface area contributed by atoms with E-state index >= 15 is 0 Å². The zero-order valence-electron chi connectivity index (χ0n) is 16.8. The van der Waals surface area contributed by atoms with Crippen LogP contribution in [0.4, 0.5) is 0 Å². The number of nitrogens with one attached hydrogen (secondary N) is 1. The molecule has 2 aromatic carbocycles. The maximum atomic E-state index is 12.7. The average Bonchev–Trinajstić information content (AvgIpc) is 3.35. The molecule has 29 heavy (non-hydrogen) atoms. The lowest BCUT2D eigenvalue weighted by atomic mass is 10.0. The summed E-state index contributed by atoms with van der Waals surface area (Å²) < 4.78 is 1.90. The molecule has 0 atom stereocenters. The molecule has 0 amide bonds. The van der Waals surface area contributed by atoms with Gasteiger partial charge in [-0.1, -0.05) is 62.2 Å². The number of carbonyl (C=O) groups is 1. The number of ketones is 1. The Balaban J connectivity index is 1.41. The zero-order chi connectivity index (χ0) is 20.1. The van der Waals surface area contributed by atoms with Crippen molar-refractivity contribution in [2.45, 2.75) is 45.6 Å². The first-order valence-electron chi connectivity index (χ1n) is 10.3. The number of hydrogen-bond donors (Lipinski definition) is 1. The second kappa shape index (κ2) is 8.86. The summed E-state index contributed by atoms with van der Waals surface area (Å²) in [7, 11) is 0. The molecule has 1 N–H and O–H groups in total. The SMILES string of the molecule is CCCCCc1cccc(Cn2cc(CC(=O)c3n[nH]c4ccccc34)cn2)c1. The molecule has 0 aliphatic rings. The van der Waals surface area contributed by atoms with Crippen molar-refractivity contribution in [3.05, 3.63) is 83.3 Å². The van der Waals surface area contributed by atoms with Crippen molar-refractivity contribution in [1.29, 1.82) is 0 Å². The number of nitrogens with zero attached hydrogens (tertiary/aromatic N) is 3. The summed E-state index contributed by atoms with van der Waals surface area (Å²) in [4.78, 5) is 12.7. The number of para-hydroxylation sites is 1. The predicted octanol–water partition coefficient (Wildman–Crippen LogP) is 4.97. The van der Waals surface area contributed by atoms with Crippen LogP contribution in [0.25, 0.3) is 10.9 Å². The second-order valence-electron chi connectivity index (χ2n) is 7.54. The van der Waals surface area contributed by atoms with Gasteiger partial charge in [0.2, 0.25) is 0 Å². The maximum absolute atomic E-state index is 12.7. The number of hydrogen-bond acceptors (Lipinski definition) is 3. The van der Waals surface area contributed by atoms with Gasteiger partial charge in [0.25, 0.3) is 0 Å². The first-order valence-corrected chi connectivity index (χ1v) is 10.3. The van der Waals surface area contributed by atoms with Crippen molar-refractivity contribution in [3.8, 4) is 0 Å². The van der Waals surface area contributed by atoms with Crippen molar-refractivity contribution >= 4 is 16.7 Å². The van der Waals surface area contributed by atoms with Gasteiger partial charge in [-0.05, 0) is 35.6 Å². The van der Waals surface area contributed by atoms with Crippen molar-refractivity contribution in [2.75, 3.05) is 0 Å². The number of rotatable bonds is 9. The van der Waals surface area contributed by atoms with E-state index in [0.717, 1.165) is 22.9 Å². The van der Waals surface area contributed by atoms with Crippen LogP contribution in [-0.2, 0) is 19.4 Å². The molecular weight excluding hydrogens is 360 g/mol. The molecule has 0 saturated heterocycles. The Hall–Kier alpha value is -3.21. The topological polar surface area (TPSA) is 63.6 Å². The van der Waals surface area contributed by atoms with E-state index in [1.165, 1.54) is 30.4 Å². The number of carbonyl (C=O) groups excluding carboxylic acids is 1. The fourth-order valence-electron chi connectivity index (χ4n) is 3.68. The van der Waals surface area contributed by atoms with Crippen molar-refractivity contribution < 1.29 is 4.79 Å². The van der Waals surface area contributed by atoms with Crippen LogP contribution in [-0.4, -0.2) is 25.8 Å². The van der Waals surface area contributed by atoms with Gasteiger partial charge in [-0.25, -0.2) is 0 Å². The third kappa shape index (κ3) is 4.62. The van der Waals surface area contributed by atoms with Crippen LogP contribution in [0.15, 0.2) is 60.9 Å². The monoisotopic (exact) mass is 386 g/mol. The highest BCUT2D eigenvalue weighted by Crippen LogP contribution is 2.17. The second-order valence-corrected chi connectivity index (χ2v) is 7.54. The third-order valence-corrected chi connectivity index (χ3v) is 5.19. The van der Waals surface area contributed by atoms with Gasteiger partial charge >= 0.3 is 0 Å². The van der Waals surface area contributed by atoms with E-state index in [2.05, 4.69) is 46.5 Å². The molecule has 0 bridgehead atoms. The Kier molecular flexibility index (Phi) is 5.84. The molecule has 2 heterocycles. The molecule has 5 heteroatoms. The van der Waals surface area contributed by atoms with Crippen molar-refractivity contribution in [3.63, 3.8) is 0 Å². The van der Waals surface area contributed by atoms with Crippen LogP contribution in [0.2, 0.25) is 0 Å². The number of aromatic amines is 1. The third-order valence-electron chi connectivity index (χ3n) is 5.19. The molecule has 2 aromatic heterocycles. The fraction of sp³-hybridized carbons (Fsp3) is 0.292. The van der Waals surface area contributed by atoms with Crippen LogP contribution < -0.4 is 0 Å². The molecule has 0 aliphatic carbocycles. The van der Waals surface area contributed by atoms with E-state index in [1.807, 2.05) is 35.1 Å². The Labute approximate surface area is 170 Å². The van der Waals surface area contributed by atoms with E-state index in [0.29, 0.717) is 18.7 Å². The highest BCUT2D eigenvalue weighted by Gasteiger charge is 2.15. The summed E-state index contributed by atoms with van der Waals surface area (Å²) in [6, 6.07) is 16.4. The van der Waals surface area contributed by atoms with Gasteiger partial charge < -0.3 is 0 Å². The number of unbranched alkanes of at least 4 members (excludes halogenated alkanes) is 2. The maximum Gasteiger partial charge on any atom is 0.188 e. The highest BCUT2D eigenvalue weighted by atomic mass is 16.1. The molecule has 0 saturated carbocycles. The van der Waals surface area contributed by atoms with Gasteiger partial charge in [0.15, 0.2) is 5.78 Å². The van der Waals surface area contributed by atoms with Crippen LogP contribution in [0.1, 0.15) is 53.4 Å². The zero-order valence-corrected chi connectivity index (χ0v) is 16.8. The van der Waals surface area contributed by atoms with Crippen LogP contribution >= 0.6 is 0 Å². The predicted molar refractivity (Wildman–Crippen MR) is 115 cm³/mol. The highest BCUT2D eigenvalue weighted by molar-refractivity contribution is 6.06. The van der Waals surface area contributed by atoms with Crippen LogP contribution in [0.3, 0.4) is 0 Å². The van der Waals surface area contributed by atoms with Gasteiger partial charge in [-0.2, -0.15) is 10.2 Å². The Bertz CT molecular complexity index is 1110. The Morgan fingerprint density at radius 3 is 2.79 bits per heavy atom. The molecule has 4 aromatic rings. The minimum Gasteiger partial charge on any atom is -0.292 e.